The van der Waals surface area contributed by atoms with Crippen LogP contribution < -0.4 is 5.32 Å². The summed E-state index contributed by atoms with van der Waals surface area (Å²) in [6.07, 6.45) is 2.09. The first-order chi connectivity index (χ1) is 8.96. The van der Waals surface area contributed by atoms with Crippen molar-refractivity contribution < 1.29 is 8.42 Å². The number of anilines is 1. The molecule has 1 aliphatic rings. The molecule has 2 aromatic rings. The number of sulfone groups is 1. The van der Waals surface area contributed by atoms with Crippen molar-refractivity contribution in [3.05, 3.63) is 12.0 Å². The van der Waals surface area contributed by atoms with Gasteiger partial charge in [-0.1, -0.05) is 0 Å². The van der Waals surface area contributed by atoms with Gasteiger partial charge in [0.1, 0.15) is 17.4 Å². The van der Waals surface area contributed by atoms with E-state index in [2.05, 4.69) is 20.4 Å². The fraction of sp³-hybridized carbons (Fsp3) is 0.545. The Bertz CT molecular complexity index is 737. The summed E-state index contributed by atoms with van der Waals surface area (Å²) in [5.41, 5.74) is 2.44. The highest BCUT2D eigenvalue weighted by molar-refractivity contribution is 7.91. The first-order valence-electron chi connectivity index (χ1n) is 6.07. The Morgan fingerprint density at radius 2 is 2.21 bits per heavy atom. The second kappa shape index (κ2) is 4.16. The lowest BCUT2D eigenvalue weighted by molar-refractivity contribution is 0.602. The summed E-state index contributed by atoms with van der Waals surface area (Å²) >= 11 is 0. The molecule has 0 bridgehead atoms. The second-order valence-electron chi connectivity index (χ2n) is 4.87. The van der Waals surface area contributed by atoms with Gasteiger partial charge in [0.05, 0.1) is 17.2 Å². The van der Waals surface area contributed by atoms with Crippen LogP contribution in [0.5, 0.6) is 0 Å². The molecule has 7 nitrogen and oxygen atoms in total. The molecule has 3 rings (SSSR count). The van der Waals surface area contributed by atoms with Crippen molar-refractivity contribution in [1.29, 1.82) is 0 Å². The Kier molecular flexibility index (Phi) is 2.70. The highest BCUT2D eigenvalue weighted by Gasteiger charge is 2.28. The molecule has 0 aromatic carbocycles. The van der Waals surface area contributed by atoms with Crippen molar-refractivity contribution in [2.45, 2.75) is 19.4 Å². The van der Waals surface area contributed by atoms with E-state index in [-0.39, 0.29) is 17.5 Å². The first-order valence-corrected chi connectivity index (χ1v) is 7.90. The molecule has 2 aromatic heterocycles. The molecule has 3 heterocycles. The summed E-state index contributed by atoms with van der Waals surface area (Å²) in [6, 6.07) is -0.0849. The molecule has 1 fully saturated rings. The average molecular weight is 281 g/mol. The number of fused-ring (bicyclic) bond motifs is 1. The smallest absolute Gasteiger partial charge is 0.155 e. The fourth-order valence-corrected chi connectivity index (χ4v) is 4.15. The molecule has 8 heteroatoms. The number of nitrogens with zero attached hydrogens (tertiary/aromatic N) is 4. The maximum Gasteiger partial charge on any atom is 0.155 e. The third-order valence-electron chi connectivity index (χ3n) is 3.36. The van der Waals surface area contributed by atoms with Crippen LogP contribution in [0, 0.1) is 6.92 Å². The van der Waals surface area contributed by atoms with E-state index in [0.717, 1.165) is 16.7 Å². The molecule has 1 N–H and O–H groups in total. The molecule has 0 amide bonds. The van der Waals surface area contributed by atoms with Crippen molar-refractivity contribution in [1.82, 2.24) is 19.7 Å². The van der Waals surface area contributed by atoms with Crippen LogP contribution in [0.1, 0.15) is 12.1 Å². The number of nitrogens with one attached hydrogen (secondary N) is 1. The predicted molar refractivity (Wildman–Crippen MR) is 71.7 cm³/mol. The molecule has 0 radical (unpaired) electrons. The summed E-state index contributed by atoms with van der Waals surface area (Å²) < 4.78 is 24.7. The van der Waals surface area contributed by atoms with E-state index < -0.39 is 9.84 Å². The van der Waals surface area contributed by atoms with E-state index >= 15 is 0 Å². The Hall–Kier alpha value is -1.70. The monoisotopic (exact) mass is 281 g/mol. The third kappa shape index (κ3) is 2.16. The summed E-state index contributed by atoms with van der Waals surface area (Å²) in [5.74, 6) is 1.05. The van der Waals surface area contributed by atoms with Crippen molar-refractivity contribution in [3.63, 3.8) is 0 Å². The first kappa shape index (κ1) is 12.3. The molecule has 19 heavy (non-hydrogen) atoms. The minimum Gasteiger partial charge on any atom is -0.364 e. The Labute approximate surface area is 111 Å². The van der Waals surface area contributed by atoms with Crippen molar-refractivity contribution in [2.75, 3.05) is 16.8 Å². The number of hydrogen-bond acceptors (Lipinski definition) is 6. The standard InChI is InChI=1S/C11H15N5O2S/c1-7-9-10(16(2)15-7)11(13-6-12-9)14-8-3-4-19(17,18)5-8/h6,8H,3-5H2,1-2H3,(H,12,13,14). The Morgan fingerprint density at radius 3 is 2.89 bits per heavy atom. The van der Waals surface area contributed by atoms with Gasteiger partial charge in [0.2, 0.25) is 0 Å². The van der Waals surface area contributed by atoms with Crippen LogP contribution in [0.4, 0.5) is 5.82 Å². The highest BCUT2D eigenvalue weighted by Crippen LogP contribution is 2.23. The maximum atomic E-state index is 11.5. The maximum absolute atomic E-state index is 11.5. The third-order valence-corrected chi connectivity index (χ3v) is 5.13. The lowest BCUT2D eigenvalue weighted by Gasteiger charge is -2.12. The van der Waals surface area contributed by atoms with Gasteiger partial charge in [0, 0.05) is 13.1 Å². The van der Waals surface area contributed by atoms with Gasteiger partial charge in [-0.2, -0.15) is 5.10 Å². The molecule has 0 spiro atoms. The molecule has 1 saturated heterocycles. The SMILES string of the molecule is Cc1nn(C)c2c(NC3CCS(=O)(=O)C3)ncnc12. The molecular weight excluding hydrogens is 266 g/mol. The Morgan fingerprint density at radius 1 is 1.42 bits per heavy atom. The van der Waals surface area contributed by atoms with Gasteiger partial charge >= 0.3 is 0 Å². The molecule has 1 aliphatic heterocycles. The summed E-state index contributed by atoms with van der Waals surface area (Å²) in [4.78, 5) is 8.43. The van der Waals surface area contributed by atoms with Gasteiger partial charge < -0.3 is 5.32 Å². The van der Waals surface area contributed by atoms with Crippen LogP contribution in [0.25, 0.3) is 11.0 Å². The van der Waals surface area contributed by atoms with Gasteiger partial charge in [-0.15, -0.1) is 0 Å². The lowest BCUT2D eigenvalue weighted by Crippen LogP contribution is -2.21. The van der Waals surface area contributed by atoms with E-state index in [1.807, 2.05) is 14.0 Å². The zero-order valence-corrected chi connectivity index (χ0v) is 11.6. The molecule has 0 saturated carbocycles. The number of rotatable bonds is 2. The number of hydrogen-bond donors (Lipinski definition) is 1. The van der Waals surface area contributed by atoms with Crippen molar-refractivity contribution >= 4 is 26.7 Å². The van der Waals surface area contributed by atoms with Crippen LogP contribution in [0.15, 0.2) is 6.33 Å². The van der Waals surface area contributed by atoms with Gasteiger partial charge in [-0.3, -0.25) is 4.68 Å². The quantitative estimate of drug-likeness (QED) is 0.850. The largest absolute Gasteiger partial charge is 0.364 e. The van der Waals surface area contributed by atoms with Crippen molar-refractivity contribution in [2.24, 2.45) is 7.05 Å². The summed E-state index contributed by atoms with van der Waals surface area (Å²) in [5, 5.41) is 7.51. The van der Waals surface area contributed by atoms with E-state index in [1.165, 1.54) is 6.33 Å². The minimum absolute atomic E-state index is 0.0849. The van der Waals surface area contributed by atoms with Crippen molar-refractivity contribution in [3.8, 4) is 0 Å². The van der Waals surface area contributed by atoms with E-state index in [1.54, 1.807) is 4.68 Å². The molecule has 1 unspecified atom stereocenters. The minimum atomic E-state index is -2.90. The molecule has 102 valence electrons. The van der Waals surface area contributed by atoms with Crippen LogP contribution in [-0.4, -0.2) is 45.7 Å². The van der Waals surface area contributed by atoms with Crippen LogP contribution in [0.3, 0.4) is 0 Å². The van der Waals surface area contributed by atoms with Crippen LogP contribution in [-0.2, 0) is 16.9 Å². The highest BCUT2D eigenvalue weighted by atomic mass is 32.2. The average Bonchev–Trinajstić information content (AvgIpc) is 2.81. The summed E-state index contributed by atoms with van der Waals surface area (Å²) in [7, 11) is -1.07. The normalized spacial score (nSPS) is 21.9. The predicted octanol–water partition coefficient (Wildman–Crippen LogP) is 0.271. The number of aryl methyl sites for hydroxylation is 2. The van der Waals surface area contributed by atoms with E-state index in [4.69, 9.17) is 0 Å². The van der Waals surface area contributed by atoms with Gasteiger partial charge in [0.25, 0.3) is 0 Å². The van der Waals surface area contributed by atoms with E-state index in [9.17, 15) is 8.42 Å². The van der Waals surface area contributed by atoms with Crippen LogP contribution in [0.2, 0.25) is 0 Å². The van der Waals surface area contributed by atoms with Gasteiger partial charge in [0.15, 0.2) is 15.7 Å². The zero-order chi connectivity index (χ0) is 13.6. The fourth-order valence-electron chi connectivity index (χ4n) is 2.48. The molecular formula is C11H15N5O2S. The number of aromatic nitrogens is 4. The zero-order valence-electron chi connectivity index (χ0n) is 10.8. The second-order valence-corrected chi connectivity index (χ2v) is 7.10. The van der Waals surface area contributed by atoms with Gasteiger partial charge in [-0.05, 0) is 13.3 Å². The van der Waals surface area contributed by atoms with Crippen LogP contribution >= 0.6 is 0 Å². The Balaban J connectivity index is 1.98. The summed E-state index contributed by atoms with van der Waals surface area (Å²) in [6.45, 7) is 1.89. The molecule has 0 aliphatic carbocycles. The topological polar surface area (TPSA) is 89.8 Å². The van der Waals surface area contributed by atoms with Gasteiger partial charge in [-0.25, -0.2) is 18.4 Å². The van der Waals surface area contributed by atoms with E-state index in [0.29, 0.717) is 12.2 Å². The lowest BCUT2D eigenvalue weighted by atomic mass is 10.2. The molecule has 1 atom stereocenters.